The van der Waals surface area contributed by atoms with Crippen LogP contribution in [0.3, 0.4) is 0 Å². The van der Waals surface area contributed by atoms with Crippen LogP contribution in [-0.4, -0.2) is 31.4 Å². The Bertz CT molecular complexity index is 881. The van der Waals surface area contributed by atoms with E-state index in [2.05, 4.69) is 31.3 Å². The van der Waals surface area contributed by atoms with E-state index in [1.165, 1.54) is 0 Å². The number of nitrogens with zero attached hydrogens (tertiary/aromatic N) is 3. The first-order valence-electron chi connectivity index (χ1n) is 7.60. The molecule has 0 saturated carbocycles. The Morgan fingerprint density at radius 3 is 2.76 bits per heavy atom. The fraction of sp³-hybridized carbons (Fsp3) is 0.235. The van der Waals surface area contributed by atoms with Gasteiger partial charge in [0.15, 0.2) is 10.4 Å². The number of carbonyl (C=O) groups is 1. The van der Waals surface area contributed by atoms with Crippen LogP contribution < -0.4 is 5.32 Å². The summed E-state index contributed by atoms with van der Waals surface area (Å²) in [6, 6.07) is 8.66. The van der Waals surface area contributed by atoms with Crippen LogP contribution in [0.25, 0.3) is 11.4 Å². The van der Waals surface area contributed by atoms with Crippen molar-refractivity contribution < 1.29 is 14.3 Å². The van der Waals surface area contributed by atoms with Crippen molar-refractivity contribution in [1.82, 2.24) is 14.8 Å². The molecule has 3 rings (SSSR count). The first-order valence-corrected chi connectivity index (χ1v) is 8.39. The number of halogens is 1. The highest BCUT2D eigenvalue weighted by Crippen LogP contribution is 2.26. The zero-order valence-electron chi connectivity index (χ0n) is 13.7. The van der Waals surface area contributed by atoms with Gasteiger partial charge in [-0.15, -0.1) is 0 Å². The number of carbonyl (C=O) groups excluding carboxylic acids is 1. The highest BCUT2D eigenvalue weighted by molar-refractivity contribution is 9.10. The van der Waals surface area contributed by atoms with Crippen LogP contribution >= 0.6 is 15.9 Å². The molecule has 0 fully saturated rings. The number of anilines is 1. The van der Waals surface area contributed by atoms with Crippen LogP contribution in [0.1, 0.15) is 24.4 Å². The minimum atomic E-state index is -0.944. The molecule has 7 nitrogen and oxygen atoms in total. The number of aliphatic hydroxyl groups is 1. The minimum absolute atomic E-state index is 0.175. The van der Waals surface area contributed by atoms with Gasteiger partial charge in [-0.2, -0.15) is 5.10 Å². The monoisotopic (exact) mass is 404 g/mol. The summed E-state index contributed by atoms with van der Waals surface area (Å²) in [5, 5.41) is 17.3. The Hall–Kier alpha value is -2.45. The van der Waals surface area contributed by atoms with E-state index >= 15 is 0 Å². The van der Waals surface area contributed by atoms with Crippen molar-refractivity contribution in [2.24, 2.45) is 0 Å². The summed E-state index contributed by atoms with van der Waals surface area (Å²) in [6.45, 7) is 3.65. The number of pyridine rings is 1. The molecule has 0 aliphatic rings. The summed E-state index contributed by atoms with van der Waals surface area (Å²) in [5.74, 6) is -0.222. The van der Waals surface area contributed by atoms with Crippen LogP contribution in [0.4, 0.5) is 5.69 Å². The standard InChI is InChI=1S/C17H17BrN4O3/c1-17(2,24)10-22-9-12(15(21-22)11-5-3-4-8-19-11)20-16(23)13-6-7-14(18)25-13/h3-9,24H,10H2,1-2H3,(H,20,23). The van der Waals surface area contributed by atoms with Gasteiger partial charge in [0.1, 0.15) is 5.69 Å². The van der Waals surface area contributed by atoms with Crippen molar-refractivity contribution >= 4 is 27.5 Å². The minimum Gasteiger partial charge on any atom is -0.444 e. The summed E-state index contributed by atoms with van der Waals surface area (Å²) in [7, 11) is 0. The molecule has 2 N–H and O–H groups in total. The molecule has 0 aliphatic heterocycles. The van der Waals surface area contributed by atoms with E-state index < -0.39 is 11.5 Å². The number of furan rings is 1. The molecule has 0 saturated heterocycles. The van der Waals surface area contributed by atoms with Crippen LogP contribution in [0.5, 0.6) is 0 Å². The second-order valence-electron chi connectivity index (χ2n) is 6.17. The van der Waals surface area contributed by atoms with E-state index in [-0.39, 0.29) is 12.3 Å². The first kappa shape index (κ1) is 17.4. The largest absolute Gasteiger partial charge is 0.444 e. The molecule has 1 amide bonds. The molecule has 25 heavy (non-hydrogen) atoms. The van der Waals surface area contributed by atoms with Crippen molar-refractivity contribution in [1.29, 1.82) is 0 Å². The van der Waals surface area contributed by atoms with Crippen molar-refractivity contribution in [3.05, 3.63) is 53.2 Å². The molecular weight excluding hydrogens is 388 g/mol. The van der Waals surface area contributed by atoms with Gasteiger partial charge in [-0.05, 0) is 54.0 Å². The summed E-state index contributed by atoms with van der Waals surface area (Å²) in [6.07, 6.45) is 3.32. The van der Waals surface area contributed by atoms with Gasteiger partial charge >= 0.3 is 0 Å². The Balaban J connectivity index is 1.94. The fourth-order valence-electron chi connectivity index (χ4n) is 2.30. The maximum absolute atomic E-state index is 12.4. The van der Waals surface area contributed by atoms with Crippen molar-refractivity contribution in [2.45, 2.75) is 26.0 Å². The van der Waals surface area contributed by atoms with Crippen LogP contribution in [-0.2, 0) is 6.54 Å². The van der Waals surface area contributed by atoms with Crippen LogP contribution in [0, 0.1) is 0 Å². The van der Waals surface area contributed by atoms with Crippen molar-refractivity contribution in [2.75, 3.05) is 5.32 Å². The SMILES string of the molecule is CC(C)(O)Cn1cc(NC(=O)c2ccc(Br)o2)c(-c2ccccn2)n1. The summed E-state index contributed by atoms with van der Waals surface area (Å²) in [4.78, 5) is 16.7. The number of rotatable bonds is 5. The normalized spacial score (nSPS) is 11.5. The molecule has 0 radical (unpaired) electrons. The lowest BCUT2D eigenvalue weighted by molar-refractivity contribution is 0.0578. The number of amides is 1. The lowest BCUT2D eigenvalue weighted by Gasteiger charge is -2.16. The number of hydrogen-bond donors (Lipinski definition) is 2. The predicted molar refractivity (Wildman–Crippen MR) is 96.1 cm³/mol. The molecule has 0 atom stereocenters. The zero-order valence-corrected chi connectivity index (χ0v) is 15.3. The third-order valence-electron chi connectivity index (χ3n) is 3.26. The van der Waals surface area contributed by atoms with Gasteiger partial charge in [0.2, 0.25) is 0 Å². The summed E-state index contributed by atoms with van der Waals surface area (Å²) in [5.41, 5.74) is 0.679. The number of nitrogens with one attached hydrogen (secondary N) is 1. The number of aromatic nitrogens is 3. The Kier molecular flexibility index (Phi) is 4.73. The van der Waals surface area contributed by atoms with Crippen molar-refractivity contribution in [3.8, 4) is 11.4 Å². The lowest BCUT2D eigenvalue weighted by atomic mass is 10.1. The first-order chi connectivity index (χ1) is 11.8. The van der Waals surface area contributed by atoms with Gasteiger partial charge in [0.25, 0.3) is 5.91 Å². The third-order valence-corrected chi connectivity index (χ3v) is 3.69. The maximum atomic E-state index is 12.4. The molecule has 0 unspecified atom stereocenters. The Labute approximate surface area is 152 Å². The van der Waals surface area contributed by atoms with E-state index in [1.54, 1.807) is 55.2 Å². The Morgan fingerprint density at radius 2 is 2.16 bits per heavy atom. The average molecular weight is 405 g/mol. The smallest absolute Gasteiger partial charge is 0.291 e. The average Bonchev–Trinajstić information content (AvgIpc) is 3.13. The molecule has 0 spiro atoms. The van der Waals surface area contributed by atoms with Gasteiger partial charge < -0.3 is 14.8 Å². The summed E-state index contributed by atoms with van der Waals surface area (Å²) < 4.78 is 7.33. The van der Waals surface area contributed by atoms with Gasteiger partial charge in [0.05, 0.1) is 23.5 Å². The van der Waals surface area contributed by atoms with Crippen molar-refractivity contribution in [3.63, 3.8) is 0 Å². The number of hydrogen-bond acceptors (Lipinski definition) is 5. The molecule has 130 valence electrons. The lowest BCUT2D eigenvalue weighted by Crippen LogP contribution is -2.26. The van der Waals surface area contributed by atoms with Crippen LogP contribution in [0.2, 0.25) is 0 Å². The molecule has 0 bridgehead atoms. The third kappa shape index (κ3) is 4.34. The topological polar surface area (TPSA) is 93.2 Å². The molecule has 3 heterocycles. The molecule has 3 aromatic rings. The van der Waals surface area contributed by atoms with E-state index in [9.17, 15) is 9.90 Å². The molecule has 0 aliphatic carbocycles. The quantitative estimate of drug-likeness (QED) is 0.679. The van der Waals surface area contributed by atoms with Gasteiger partial charge in [-0.25, -0.2) is 0 Å². The van der Waals surface area contributed by atoms with E-state index in [0.29, 0.717) is 21.7 Å². The zero-order chi connectivity index (χ0) is 18.0. The van der Waals surface area contributed by atoms with Gasteiger partial charge in [0, 0.05) is 12.4 Å². The second kappa shape index (κ2) is 6.81. The predicted octanol–water partition coefficient (Wildman–Crippen LogP) is 3.32. The van der Waals surface area contributed by atoms with Crippen LogP contribution in [0.15, 0.2) is 51.8 Å². The molecule has 0 aromatic carbocycles. The van der Waals surface area contributed by atoms with E-state index in [0.717, 1.165) is 0 Å². The molecular formula is C17H17BrN4O3. The fourth-order valence-corrected chi connectivity index (χ4v) is 2.61. The van der Waals surface area contributed by atoms with E-state index in [1.807, 2.05) is 6.07 Å². The maximum Gasteiger partial charge on any atom is 0.291 e. The highest BCUT2D eigenvalue weighted by Gasteiger charge is 2.20. The van der Waals surface area contributed by atoms with E-state index in [4.69, 9.17) is 4.42 Å². The Morgan fingerprint density at radius 1 is 1.36 bits per heavy atom. The van der Waals surface area contributed by atoms with Gasteiger partial charge in [-0.3, -0.25) is 14.5 Å². The molecule has 3 aromatic heterocycles. The van der Waals surface area contributed by atoms with Gasteiger partial charge in [-0.1, -0.05) is 6.07 Å². The molecule has 8 heteroatoms. The highest BCUT2D eigenvalue weighted by atomic mass is 79.9. The second-order valence-corrected chi connectivity index (χ2v) is 6.96. The summed E-state index contributed by atoms with van der Waals surface area (Å²) >= 11 is 3.17.